The maximum atomic E-state index is 14.6. The van der Waals surface area contributed by atoms with Crippen LogP contribution in [-0.4, -0.2) is 35.0 Å². The predicted molar refractivity (Wildman–Crippen MR) is 77.6 cm³/mol. The van der Waals surface area contributed by atoms with Gasteiger partial charge < -0.3 is 20.1 Å². The number of nitrogen functional groups attached to an aromatic ring is 1. The molecule has 0 saturated heterocycles. The number of alkyl halides is 1. The third kappa shape index (κ3) is 2.87. The molecule has 8 nitrogen and oxygen atoms in total. The quantitative estimate of drug-likeness (QED) is 0.729. The smallest absolute Gasteiger partial charge is 0.348 e. The molecular formula is C12H15FN5O3P. The van der Waals surface area contributed by atoms with Gasteiger partial charge in [-0.2, -0.15) is 0 Å². The van der Waals surface area contributed by atoms with Crippen LogP contribution in [0.1, 0.15) is 25.3 Å². The number of nitrogens with zero attached hydrogens (tertiary/aromatic N) is 4. The van der Waals surface area contributed by atoms with Gasteiger partial charge in [0.1, 0.15) is 17.5 Å². The normalized spacial score (nSPS) is 26.2. The molecule has 2 aromatic rings. The van der Waals surface area contributed by atoms with E-state index in [1.807, 2.05) is 0 Å². The van der Waals surface area contributed by atoms with Crippen LogP contribution in [0.4, 0.5) is 10.2 Å². The molecule has 1 aliphatic carbocycles. The summed E-state index contributed by atoms with van der Waals surface area (Å²) in [5.74, 6) is 0.885. The van der Waals surface area contributed by atoms with E-state index in [2.05, 4.69) is 15.0 Å². The largest absolute Gasteiger partial charge is 0.382 e. The number of aromatic nitrogens is 4. The van der Waals surface area contributed by atoms with Gasteiger partial charge in [0.25, 0.3) is 0 Å². The molecule has 0 amide bonds. The second kappa shape index (κ2) is 5.12. The fraction of sp³-hybridized carbons (Fsp3) is 0.417. The van der Waals surface area contributed by atoms with E-state index in [9.17, 15) is 8.96 Å². The Morgan fingerprint density at radius 3 is 2.95 bits per heavy atom. The van der Waals surface area contributed by atoms with Crippen molar-refractivity contribution in [2.75, 3.05) is 5.73 Å². The summed E-state index contributed by atoms with van der Waals surface area (Å²) in [5.41, 5.74) is 4.96. The van der Waals surface area contributed by atoms with Gasteiger partial charge in [-0.3, -0.25) is 4.57 Å². The standard InChI is InChI=1S/C12H15FN5O3P/c13-12(3-4-22(19,20)21)2-1-8(5-12)18-7-17-9-10(14)15-6-16-11(9)18/h3-4,6-8H,1-2,5H2,(H2,14,15,16)(H2,19,20,21)/b4-3+/t8-,12+/m0/s1. The Morgan fingerprint density at radius 1 is 1.45 bits per heavy atom. The highest BCUT2D eigenvalue weighted by Crippen LogP contribution is 2.45. The zero-order valence-corrected chi connectivity index (χ0v) is 12.4. The molecule has 0 unspecified atom stereocenters. The summed E-state index contributed by atoms with van der Waals surface area (Å²) >= 11 is 0. The fourth-order valence-corrected chi connectivity index (χ4v) is 3.22. The first-order chi connectivity index (χ1) is 10.3. The molecule has 0 spiro atoms. The van der Waals surface area contributed by atoms with Crippen LogP contribution in [-0.2, 0) is 4.57 Å². The van der Waals surface area contributed by atoms with E-state index in [0.29, 0.717) is 23.4 Å². The van der Waals surface area contributed by atoms with E-state index < -0.39 is 13.3 Å². The molecule has 3 rings (SSSR count). The molecule has 0 aromatic carbocycles. The first kappa shape index (κ1) is 15.1. The van der Waals surface area contributed by atoms with Gasteiger partial charge in [0.15, 0.2) is 11.5 Å². The number of hydrogen-bond donors (Lipinski definition) is 3. The molecule has 4 N–H and O–H groups in total. The topological polar surface area (TPSA) is 127 Å². The molecule has 2 aromatic heterocycles. The van der Waals surface area contributed by atoms with Crippen molar-refractivity contribution in [3.05, 3.63) is 24.5 Å². The lowest BCUT2D eigenvalue weighted by molar-refractivity contribution is 0.231. The molecule has 2 atom stereocenters. The van der Waals surface area contributed by atoms with Crippen molar-refractivity contribution in [1.29, 1.82) is 0 Å². The maximum Gasteiger partial charge on any atom is 0.348 e. The van der Waals surface area contributed by atoms with Crippen molar-refractivity contribution < 1.29 is 18.7 Å². The Hall–Kier alpha value is -1.83. The zero-order valence-electron chi connectivity index (χ0n) is 11.5. The number of imidazole rings is 1. The van der Waals surface area contributed by atoms with E-state index in [1.165, 1.54) is 6.33 Å². The lowest BCUT2D eigenvalue weighted by atomic mass is 10.1. The number of anilines is 1. The monoisotopic (exact) mass is 327 g/mol. The number of fused-ring (bicyclic) bond motifs is 1. The summed E-state index contributed by atoms with van der Waals surface area (Å²) in [4.78, 5) is 29.8. The molecule has 2 heterocycles. The molecular weight excluding hydrogens is 312 g/mol. The van der Waals surface area contributed by atoms with Crippen molar-refractivity contribution in [3.63, 3.8) is 0 Å². The van der Waals surface area contributed by atoms with Crippen LogP contribution >= 0.6 is 7.60 Å². The maximum absolute atomic E-state index is 14.6. The minimum atomic E-state index is -4.36. The van der Waals surface area contributed by atoms with Crippen LogP contribution in [0.3, 0.4) is 0 Å². The number of rotatable bonds is 3. The van der Waals surface area contributed by atoms with Gasteiger partial charge in [0.2, 0.25) is 0 Å². The summed E-state index contributed by atoms with van der Waals surface area (Å²) < 4.78 is 27.2. The Bertz CT molecular complexity index is 788. The van der Waals surface area contributed by atoms with Crippen molar-refractivity contribution in [2.45, 2.75) is 31.0 Å². The first-order valence-corrected chi connectivity index (χ1v) is 8.33. The van der Waals surface area contributed by atoms with Gasteiger partial charge in [-0.15, -0.1) is 0 Å². The number of halogens is 1. The van der Waals surface area contributed by atoms with Gasteiger partial charge in [0, 0.05) is 18.3 Å². The van der Waals surface area contributed by atoms with E-state index >= 15 is 0 Å². The van der Waals surface area contributed by atoms with Gasteiger partial charge in [0.05, 0.1) is 6.33 Å². The second-order valence-corrected chi connectivity index (χ2v) is 6.90. The lowest BCUT2D eigenvalue weighted by Crippen LogP contribution is -2.16. The summed E-state index contributed by atoms with van der Waals surface area (Å²) in [6.07, 6.45) is 4.61. The van der Waals surface area contributed by atoms with Gasteiger partial charge in [-0.1, -0.05) is 0 Å². The SMILES string of the molecule is Nc1ncnc2c1ncn2[C@H]1CC[C@@](F)(/C=C/P(=O)(O)O)C1. The van der Waals surface area contributed by atoms with Crippen LogP contribution < -0.4 is 5.73 Å². The average molecular weight is 327 g/mol. The van der Waals surface area contributed by atoms with E-state index in [0.717, 1.165) is 6.08 Å². The van der Waals surface area contributed by atoms with E-state index in [-0.39, 0.29) is 24.7 Å². The highest BCUT2D eigenvalue weighted by atomic mass is 31.2. The number of nitrogens with two attached hydrogens (primary N) is 1. The van der Waals surface area contributed by atoms with Gasteiger partial charge in [-0.25, -0.2) is 19.3 Å². The van der Waals surface area contributed by atoms with Crippen LogP contribution in [0.25, 0.3) is 11.2 Å². The van der Waals surface area contributed by atoms with Gasteiger partial charge in [-0.05, 0) is 18.9 Å². The molecule has 0 radical (unpaired) electrons. The second-order valence-electron chi connectivity index (χ2n) is 5.42. The Morgan fingerprint density at radius 2 is 2.23 bits per heavy atom. The minimum absolute atomic E-state index is 0.0961. The summed E-state index contributed by atoms with van der Waals surface area (Å²) in [5, 5.41) is 0. The highest BCUT2D eigenvalue weighted by molar-refractivity contribution is 7.55. The highest BCUT2D eigenvalue weighted by Gasteiger charge is 2.39. The fourth-order valence-electron chi connectivity index (χ4n) is 2.76. The number of hydrogen-bond acceptors (Lipinski definition) is 5. The minimum Gasteiger partial charge on any atom is -0.382 e. The van der Waals surface area contributed by atoms with Crippen molar-refractivity contribution in [1.82, 2.24) is 19.5 Å². The van der Waals surface area contributed by atoms with Crippen molar-refractivity contribution in [3.8, 4) is 0 Å². The Kier molecular flexibility index (Phi) is 3.51. The van der Waals surface area contributed by atoms with E-state index in [4.69, 9.17) is 15.5 Å². The summed E-state index contributed by atoms with van der Waals surface area (Å²) in [7, 11) is -4.36. The van der Waals surface area contributed by atoms with Crippen LogP contribution in [0.5, 0.6) is 0 Å². The molecule has 1 fully saturated rings. The lowest BCUT2D eigenvalue weighted by Gasteiger charge is -2.16. The Labute approximate surface area is 125 Å². The van der Waals surface area contributed by atoms with Crippen LogP contribution in [0.15, 0.2) is 24.5 Å². The molecule has 22 heavy (non-hydrogen) atoms. The molecule has 0 bridgehead atoms. The average Bonchev–Trinajstić information content (AvgIpc) is 3.01. The molecule has 0 aliphatic heterocycles. The first-order valence-electron chi connectivity index (χ1n) is 6.65. The molecule has 118 valence electrons. The zero-order chi connectivity index (χ0) is 16.0. The van der Waals surface area contributed by atoms with Gasteiger partial charge >= 0.3 is 7.60 Å². The van der Waals surface area contributed by atoms with Crippen LogP contribution in [0.2, 0.25) is 0 Å². The third-order valence-corrected chi connectivity index (χ3v) is 4.35. The summed E-state index contributed by atoms with van der Waals surface area (Å²) in [6.45, 7) is 0. The molecule has 10 heteroatoms. The van der Waals surface area contributed by atoms with E-state index in [1.54, 1.807) is 10.9 Å². The number of allylic oxidation sites excluding steroid dienone is 1. The summed E-state index contributed by atoms with van der Waals surface area (Å²) in [6, 6.07) is -0.203. The Balaban J connectivity index is 1.87. The predicted octanol–water partition coefficient (Wildman–Crippen LogP) is 1.53. The molecule has 1 saturated carbocycles. The molecule has 1 aliphatic rings. The van der Waals surface area contributed by atoms with Crippen LogP contribution in [0, 0.1) is 0 Å². The third-order valence-electron chi connectivity index (χ3n) is 3.82. The van der Waals surface area contributed by atoms with Crippen molar-refractivity contribution in [2.24, 2.45) is 0 Å². The van der Waals surface area contributed by atoms with Crippen molar-refractivity contribution >= 4 is 24.6 Å².